The molecule has 1 aromatic heterocycles. The smallest absolute Gasteiger partial charge is 0.216 e. The molecule has 7 heteroatoms. The van der Waals surface area contributed by atoms with Gasteiger partial charge in [0.15, 0.2) is 5.82 Å². The Balaban J connectivity index is 2.01. The van der Waals surface area contributed by atoms with Crippen LogP contribution in [0.15, 0.2) is 53.6 Å². The van der Waals surface area contributed by atoms with Crippen molar-refractivity contribution in [1.82, 2.24) is 14.9 Å². The number of benzene rings is 2. The zero-order chi connectivity index (χ0) is 15.5. The van der Waals surface area contributed by atoms with Crippen LogP contribution in [-0.2, 0) is 0 Å². The molecule has 0 spiro atoms. The molecule has 0 saturated heterocycles. The maximum atomic E-state index is 6.11. The molecule has 4 nitrogen and oxygen atoms in total. The van der Waals surface area contributed by atoms with Gasteiger partial charge in [-0.05, 0) is 42.5 Å². The number of rotatable bonds is 3. The number of hydrogen-bond acceptors (Lipinski definition) is 3. The fraction of sp³-hybridized carbons (Fsp3) is 0. The maximum Gasteiger partial charge on any atom is 0.216 e. The summed E-state index contributed by atoms with van der Waals surface area (Å²) in [5.74, 6) is 0.602. The largest absolute Gasteiger partial charge is 0.250 e. The molecule has 22 heavy (non-hydrogen) atoms. The predicted octanol–water partition coefficient (Wildman–Crippen LogP) is 4.80. The zero-order valence-electron chi connectivity index (χ0n) is 11.2. The van der Waals surface area contributed by atoms with Crippen molar-refractivity contribution >= 4 is 41.6 Å². The minimum absolute atomic E-state index is 0.397. The van der Waals surface area contributed by atoms with Crippen LogP contribution in [0.25, 0.3) is 11.4 Å². The molecule has 1 N–H and O–H groups in total. The van der Waals surface area contributed by atoms with Gasteiger partial charge in [-0.1, -0.05) is 41.4 Å². The summed E-state index contributed by atoms with van der Waals surface area (Å²) in [7, 11) is 0. The number of hydrogen-bond donors (Lipinski definition) is 1. The molecule has 0 atom stereocenters. The quantitative estimate of drug-likeness (QED) is 0.545. The highest BCUT2D eigenvalue weighted by Crippen LogP contribution is 2.20. The van der Waals surface area contributed by atoms with Crippen molar-refractivity contribution in [3.63, 3.8) is 0 Å². The molecular formula is C15H10Cl2N4S. The van der Waals surface area contributed by atoms with Gasteiger partial charge in [0.25, 0.3) is 0 Å². The van der Waals surface area contributed by atoms with Gasteiger partial charge in [0.2, 0.25) is 4.77 Å². The Labute approximate surface area is 142 Å². The molecular weight excluding hydrogens is 339 g/mol. The van der Waals surface area contributed by atoms with Gasteiger partial charge in [-0.25, -0.2) is 5.10 Å². The molecule has 0 aliphatic heterocycles. The molecule has 110 valence electrons. The molecule has 1 heterocycles. The van der Waals surface area contributed by atoms with Crippen LogP contribution < -0.4 is 0 Å². The van der Waals surface area contributed by atoms with Crippen molar-refractivity contribution in [2.24, 2.45) is 5.10 Å². The molecule has 0 unspecified atom stereocenters. The number of H-pyrrole nitrogens is 1. The predicted molar refractivity (Wildman–Crippen MR) is 92.3 cm³/mol. The highest BCUT2D eigenvalue weighted by molar-refractivity contribution is 7.71. The number of aromatic nitrogens is 3. The van der Waals surface area contributed by atoms with E-state index in [9.17, 15) is 0 Å². The van der Waals surface area contributed by atoms with Crippen molar-refractivity contribution in [2.75, 3.05) is 0 Å². The van der Waals surface area contributed by atoms with Crippen molar-refractivity contribution in [3.8, 4) is 11.4 Å². The van der Waals surface area contributed by atoms with Gasteiger partial charge in [0, 0.05) is 21.2 Å². The fourth-order valence-corrected chi connectivity index (χ4v) is 2.37. The normalized spacial score (nSPS) is 11.2. The summed E-state index contributed by atoms with van der Waals surface area (Å²) in [5, 5.41) is 12.6. The maximum absolute atomic E-state index is 6.11. The standard InChI is InChI=1S/C15H10Cl2N4S/c16-12-7-5-10(6-8-12)14-19-20-15(22)21(14)18-9-11-3-1-2-4-13(11)17/h1-9H,(H,20,22). The first-order chi connectivity index (χ1) is 10.6. The summed E-state index contributed by atoms with van der Waals surface area (Å²) in [6, 6.07) is 14.7. The SMILES string of the molecule is S=c1[nH]nc(-c2ccc(Cl)cc2)n1N=Cc1ccccc1Cl. The lowest BCUT2D eigenvalue weighted by Crippen LogP contribution is -1.95. The van der Waals surface area contributed by atoms with E-state index >= 15 is 0 Å². The summed E-state index contributed by atoms with van der Waals surface area (Å²) >= 11 is 17.2. The monoisotopic (exact) mass is 348 g/mol. The van der Waals surface area contributed by atoms with E-state index in [0.29, 0.717) is 20.6 Å². The lowest BCUT2D eigenvalue weighted by molar-refractivity contribution is 0.871. The summed E-state index contributed by atoms with van der Waals surface area (Å²) in [6.45, 7) is 0. The van der Waals surface area contributed by atoms with Gasteiger partial charge in [-0.3, -0.25) is 0 Å². The molecule has 0 bridgehead atoms. The van der Waals surface area contributed by atoms with E-state index in [-0.39, 0.29) is 0 Å². The average Bonchev–Trinajstić information content (AvgIpc) is 2.88. The van der Waals surface area contributed by atoms with E-state index in [1.807, 2.05) is 30.3 Å². The molecule has 0 aliphatic rings. The van der Waals surface area contributed by atoms with Crippen molar-refractivity contribution in [1.29, 1.82) is 0 Å². The van der Waals surface area contributed by atoms with Gasteiger partial charge in [0.05, 0.1) is 6.21 Å². The minimum Gasteiger partial charge on any atom is -0.250 e. The van der Waals surface area contributed by atoms with Gasteiger partial charge in [-0.2, -0.15) is 14.9 Å². The van der Waals surface area contributed by atoms with Crippen LogP contribution >= 0.6 is 35.4 Å². The highest BCUT2D eigenvalue weighted by Gasteiger charge is 2.08. The molecule has 0 fully saturated rings. The Kier molecular flexibility index (Phi) is 4.38. The van der Waals surface area contributed by atoms with E-state index in [1.165, 1.54) is 0 Å². The first-order valence-electron chi connectivity index (χ1n) is 6.37. The zero-order valence-corrected chi connectivity index (χ0v) is 13.5. The second-order valence-electron chi connectivity index (χ2n) is 4.44. The van der Waals surface area contributed by atoms with Crippen LogP contribution in [0.4, 0.5) is 0 Å². The topological polar surface area (TPSA) is 46.0 Å². The minimum atomic E-state index is 0.397. The van der Waals surface area contributed by atoms with E-state index < -0.39 is 0 Å². The Morgan fingerprint density at radius 1 is 1.09 bits per heavy atom. The summed E-state index contributed by atoms with van der Waals surface area (Å²) in [6.07, 6.45) is 1.65. The van der Waals surface area contributed by atoms with E-state index in [4.69, 9.17) is 35.4 Å². The van der Waals surface area contributed by atoms with Crippen molar-refractivity contribution in [2.45, 2.75) is 0 Å². The molecule has 2 aromatic carbocycles. The van der Waals surface area contributed by atoms with E-state index in [2.05, 4.69) is 15.3 Å². The summed E-state index contributed by atoms with van der Waals surface area (Å²) in [5.41, 5.74) is 1.65. The molecule has 0 aliphatic carbocycles. The second kappa shape index (κ2) is 6.44. The molecule has 0 amide bonds. The van der Waals surface area contributed by atoms with Gasteiger partial charge in [0.1, 0.15) is 0 Å². The van der Waals surface area contributed by atoms with Crippen LogP contribution in [-0.4, -0.2) is 21.1 Å². The molecule has 3 aromatic rings. The number of halogens is 2. The lowest BCUT2D eigenvalue weighted by Gasteiger charge is -2.01. The third kappa shape index (κ3) is 3.11. The van der Waals surface area contributed by atoms with Crippen LogP contribution in [0.5, 0.6) is 0 Å². The van der Waals surface area contributed by atoms with Crippen LogP contribution in [0.1, 0.15) is 5.56 Å². The first-order valence-corrected chi connectivity index (χ1v) is 7.54. The third-order valence-electron chi connectivity index (χ3n) is 2.97. The summed E-state index contributed by atoms with van der Waals surface area (Å²) < 4.78 is 1.94. The Bertz CT molecular complexity index is 881. The Hall–Kier alpha value is -1.95. The van der Waals surface area contributed by atoms with E-state index in [0.717, 1.165) is 11.1 Å². The van der Waals surface area contributed by atoms with Gasteiger partial charge in [-0.15, -0.1) is 0 Å². The number of nitrogens with zero attached hydrogens (tertiary/aromatic N) is 3. The Morgan fingerprint density at radius 2 is 1.82 bits per heavy atom. The summed E-state index contributed by atoms with van der Waals surface area (Å²) in [4.78, 5) is 0. The molecule has 0 saturated carbocycles. The van der Waals surface area contributed by atoms with Gasteiger partial charge >= 0.3 is 0 Å². The van der Waals surface area contributed by atoms with E-state index in [1.54, 1.807) is 29.1 Å². The molecule has 3 rings (SSSR count). The average molecular weight is 349 g/mol. The fourth-order valence-electron chi connectivity index (χ4n) is 1.88. The highest BCUT2D eigenvalue weighted by atomic mass is 35.5. The van der Waals surface area contributed by atoms with Crippen LogP contribution in [0.3, 0.4) is 0 Å². The second-order valence-corrected chi connectivity index (χ2v) is 5.67. The van der Waals surface area contributed by atoms with Crippen LogP contribution in [0.2, 0.25) is 10.0 Å². The lowest BCUT2D eigenvalue weighted by atomic mass is 10.2. The van der Waals surface area contributed by atoms with Crippen LogP contribution in [0, 0.1) is 4.77 Å². The first kappa shape index (κ1) is 15.0. The van der Waals surface area contributed by atoms with Crippen molar-refractivity contribution in [3.05, 3.63) is 68.9 Å². The van der Waals surface area contributed by atoms with Gasteiger partial charge < -0.3 is 0 Å². The molecule has 0 radical (unpaired) electrons. The third-order valence-corrected chi connectivity index (χ3v) is 3.83. The Morgan fingerprint density at radius 3 is 2.55 bits per heavy atom. The number of aromatic amines is 1. The van der Waals surface area contributed by atoms with Crippen molar-refractivity contribution < 1.29 is 0 Å². The number of nitrogens with one attached hydrogen (secondary N) is 1.